The van der Waals surface area contributed by atoms with Crippen molar-refractivity contribution in [2.45, 2.75) is 12.8 Å². The SMILES string of the molecule is COc1ccc(NC(=O)c2ccc(N3C(=O)[C@H]4CC(Cl)=CC[C@H]4C3=O)cc2)cc1. The molecule has 2 aromatic carbocycles. The van der Waals surface area contributed by atoms with Crippen LogP contribution in [0.2, 0.25) is 0 Å². The molecule has 6 nitrogen and oxygen atoms in total. The molecular formula is C22H19ClN2O4. The van der Waals surface area contributed by atoms with Gasteiger partial charge in [0.1, 0.15) is 5.75 Å². The van der Waals surface area contributed by atoms with Crippen molar-refractivity contribution in [2.24, 2.45) is 11.8 Å². The maximum absolute atomic E-state index is 12.7. The summed E-state index contributed by atoms with van der Waals surface area (Å²) in [6.07, 6.45) is 2.69. The van der Waals surface area contributed by atoms with E-state index in [0.717, 1.165) is 0 Å². The number of rotatable bonds is 4. The number of amides is 3. The van der Waals surface area contributed by atoms with Gasteiger partial charge in [-0.1, -0.05) is 17.7 Å². The summed E-state index contributed by atoms with van der Waals surface area (Å²) in [4.78, 5) is 39.1. The number of methoxy groups -OCH3 is 1. The lowest BCUT2D eigenvalue weighted by Crippen LogP contribution is -2.30. The third-order valence-corrected chi connectivity index (χ3v) is 5.61. The molecule has 1 fully saturated rings. The second kappa shape index (κ2) is 7.72. The lowest BCUT2D eigenvalue weighted by Gasteiger charge is -2.17. The van der Waals surface area contributed by atoms with Gasteiger partial charge in [0.15, 0.2) is 0 Å². The molecule has 0 saturated carbocycles. The van der Waals surface area contributed by atoms with Gasteiger partial charge >= 0.3 is 0 Å². The Bertz CT molecular complexity index is 998. The first-order valence-electron chi connectivity index (χ1n) is 9.25. The van der Waals surface area contributed by atoms with Crippen molar-refractivity contribution in [1.82, 2.24) is 0 Å². The van der Waals surface area contributed by atoms with Crippen molar-refractivity contribution in [3.8, 4) is 5.75 Å². The number of carbonyl (C=O) groups is 3. The van der Waals surface area contributed by atoms with Crippen LogP contribution in [0, 0.1) is 11.8 Å². The number of nitrogens with zero attached hydrogens (tertiary/aromatic N) is 1. The van der Waals surface area contributed by atoms with Gasteiger partial charge in [-0.3, -0.25) is 19.3 Å². The van der Waals surface area contributed by atoms with Crippen LogP contribution in [0.4, 0.5) is 11.4 Å². The molecule has 0 bridgehead atoms. The summed E-state index contributed by atoms with van der Waals surface area (Å²) in [6.45, 7) is 0. The number of fused-ring (bicyclic) bond motifs is 1. The van der Waals surface area contributed by atoms with E-state index >= 15 is 0 Å². The number of hydrogen-bond donors (Lipinski definition) is 1. The third kappa shape index (κ3) is 3.63. The molecule has 1 aliphatic heterocycles. The minimum Gasteiger partial charge on any atom is -0.497 e. The Morgan fingerprint density at radius 2 is 1.69 bits per heavy atom. The van der Waals surface area contributed by atoms with E-state index in [1.807, 2.05) is 6.08 Å². The quantitative estimate of drug-likeness (QED) is 0.774. The molecule has 1 aliphatic carbocycles. The number of hydrogen-bond acceptors (Lipinski definition) is 4. The number of anilines is 2. The Hall–Kier alpha value is -3.12. The van der Waals surface area contributed by atoms with E-state index in [2.05, 4.69) is 5.32 Å². The lowest BCUT2D eigenvalue weighted by molar-refractivity contribution is -0.122. The van der Waals surface area contributed by atoms with Crippen LogP contribution in [0.15, 0.2) is 59.6 Å². The predicted molar refractivity (Wildman–Crippen MR) is 110 cm³/mol. The highest BCUT2D eigenvalue weighted by Crippen LogP contribution is 2.40. The second-order valence-corrected chi connectivity index (χ2v) is 7.53. The number of ether oxygens (including phenoxy) is 1. The normalized spacial score (nSPS) is 20.9. The fourth-order valence-electron chi connectivity index (χ4n) is 3.72. The Balaban J connectivity index is 1.48. The number of carbonyl (C=O) groups excluding carboxylic acids is 3. The Labute approximate surface area is 173 Å². The summed E-state index contributed by atoms with van der Waals surface area (Å²) in [5.41, 5.74) is 1.52. The number of halogens is 1. The van der Waals surface area contributed by atoms with Gasteiger partial charge in [0.05, 0.1) is 24.6 Å². The molecule has 2 aromatic rings. The minimum absolute atomic E-state index is 0.212. The average molecular weight is 411 g/mol. The largest absolute Gasteiger partial charge is 0.497 e. The zero-order chi connectivity index (χ0) is 20.5. The van der Waals surface area contributed by atoms with E-state index < -0.39 is 5.92 Å². The second-order valence-electron chi connectivity index (χ2n) is 7.05. The molecule has 1 saturated heterocycles. The summed E-state index contributed by atoms with van der Waals surface area (Å²) in [7, 11) is 1.57. The van der Waals surface area contributed by atoms with Crippen LogP contribution in [0.1, 0.15) is 23.2 Å². The Morgan fingerprint density at radius 1 is 1.03 bits per heavy atom. The van der Waals surface area contributed by atoms with Gasteiger partial charge in [0, 0.05) is 16.3 Å². The van der Waals surface area contributed by atoms with Gasteiger partial charge in [0.2, 0.25) is 11.8 Å². The van der Waals surface area contributed by atoms with Gasteiger partial charge in [0.25, 0.3) is 5.91 Å². The summed E-state index contributed by atoms with van der Waals surface area (Å²) < 4.78 is 5.10. The highest BCUT2D eigenvalue weighted by Gasteiger charge is 2.48. The van der Waals surface area contributed by atoms with Crippen LogP contribution in [0.25, 0.3) is 0 Å². The first-order valence-corrected chi connectivity index (χ1v) is 9.63. The molecule has 0 spiro atoms. The molecular weight excluding hydrogens is 392 g/mol. The zero-order valence-corrected chi connectivity index (χ0v) is 16.5. The summed E-state index contributed by atoms with van der Waals surface area (Å²) in [5.74, 6) is -0.798. The average Bonchev–Trinajstić information content (AvgIpc) is 2.98. The van der Waals surface area contributed by atoms with Crippen molar-refractivity contribution in [2.75, 3.05) is 17.3 Å². The Kier molecular flexibility index (Phi) is 5.11. The minimum atomic E-state index is -0.405. The maximum Gasteiger partial charge on any atom is 0.255 e. The highest BCUT2D eigenvalue weighted by atomic mass is 35.5. The van der Waals surface area contributed by atoms with E-state index in [1.54, 1.807) is 55.6 Å². The first-order chi connectivity index (χ1) is 14.0. The molecule has 0 aromatic heterocycles. The van der Waals surface area contributed by atoms with Gasteiger partial charge in [-0.25, -0.2) is 0 Å². The van der Waals surface area contributed by atoms with Crippen LogP contribution in [-0.4, -0.2) is 24.8 Å². The molecule has 1 N–H and O–H groups in total. The Morgan fingerprint density at radius 3 is 2.34 bits per heavy atom. The molecule has 4 rings (SSSR count). The van der Waals surface area contributed by atoms with Gasteiger partial charge in [-0.05, 0) is 61.4 Å². The summed E-state index contributed by atoms with van der Waals surface area (Å²) >= 11 is 6.06. The van der Waals surface area contributed by atoms with Crippen LogP contribution in [-0.2, 0) is 9.59 Å². The van der Waals surface area contributed by atoms with Gasteiger partial charge in [-0.2, -0.15) is 0 Å². The van der Waals surface area contributed by atoms with Crippen LogP contribution in [0.3, 0.4) is 0 Å². The van der Waals surface area contributed by atoms with Crippen molar-refractivity contribution in [3.63, 3.8) is 0 Å². The lowest BCUT2D eigenvalue weighted by atomic mass is 9.85. The molecule has 3 amide bonds. The van der Waals surface area contributed by atoms with Crippen molar-refractivity contribution < 1.29 is 19.1 Å². The maximum atomic E-state index is 12.7. The van der Waals surface area contributed by atoms with Crippen molar-refractivity contribution in [1.29, 1.82) is 0 Å². The monoisotopic (exact) mass is 410 g/mol. The summed E-state index contributed by atoms with van der Waals surface area (Å²) in [6, 6.07) is 13.4. The van der Waals surface area contributed by atoms with Crippen molar-refractivity contribution in [3.05, 3.63) is 65.2 Å². The van der Waals surface area contributed by atoms with E-state index in [0.29, 0.717) is 40.6 Å². The predicted octanol–water partition coefficient (Wildman–Crippen LogP) is 3.97. The van der Waals surface area contributed by atoms with E-state index in [9.17, 15) is 14.4 Å². The standard InChI is InChI=1S/C22H19ClN2O4/c1-29-17-9-5-15(6-10-17)24-20(26)13-2-7-16(8-3-13)25-21(27)18-11-4-14(23)12-19(18)22(25)28/h2-10,18-19H,11-12H2,1H3,(H,24,26)/t18-,19+/m1/s1. The molecule has 2 atom stereocenters. The van der Waals surface area contributed by atoms with E-state index in [1.165, 1.54) is 4.90 Å². The van der Waals surface area contributed by atoms with Crippen molar-refractivity contribution >= 4 is 40.7 Å². The number of benzene rings is 2. The smallest absolute Gasteiger partial charge is 0.255 e. The molecule has 1 heterocycles. The molecule has 29 heavy (non-hydrogen) atoms. The van der Waals surface area contributed by atoms with E-state index in [4.69, 9.17) is 16.3 Å². The summed E-state index contributed by atoms with van der Waals surface area (Å²) in [5, 5.41) is 3.42. The molecule has 0 radical (unpaired) electrons. The molecule has 2 aliphatic rings. The van der Waals surface area contributed by atoms with Crippen LogP contribution >= 0.6 is 11.6 Å². The van der Waals surface area contributed by atoms with E-state index in [-0.39, 0.29) is 23.6 Å². The fourth-order valence-corrected chi connectivity index (χ4v) is 3.98. The van der Waals surface area contributed by atoms with Gasteiger partial charge < -0.3 is 10.1 Å². The fraction of sp³-hybridized carbons (Fsp3) is 0.227. The van der Waals surface area contributed by atoms with Crippen LogP contribution < -0.4 is 15.0 Å². The zero-order valence-electron chi connectivity index (χ0n) is 15.7. The number of nitrogens with one attached hydrogen (secondary N) is 1. The highest BCUT2D eigenvalue weighted by molar-refractivity contribution is 6.30. The number of imide groups is 1. The molecule has 148 valence electrons. The topological polar surface area (TPSA) is 75.7 Å². The first kappa shape index (κ1) is 19.2. The third-order valence-electron chi connectivity index (χ3n) is 5.30. The molecule has 0 unspecified atom stereocenters. The van der Waals surface area contributed by atoms with Gasteiger partial charge in [-0.15, -0.1) is 0 Å². The number of allylic oxidation sites excluding steroid dienone is 2. The van der Waals surface area contributed by atoms with Crippen LogP contribution in [0.5, 0.6) is 5.75 Å². The molecule has 7 heteroatoms.